The first-order valence-electron chi connectivity index (χ1n) is 4.19. The van der Waals surface area contributed by atoms with Gasteiger partial charge in [0, 0.05) is 11.4 Å². The summed E-state index contributed by atoms with van der Waals surface area (Å²) in [6.45, 7) is 0. The van der Waals surface area contributed by atoms with Crippen LogP contribution in [0.3, 0.4) is 0 Å². The van der Waals surface area contributed by atoms with E-state index in [1.54, 1.807) is 17.5 Å². The molecule has 0 radical (unpaired) electrons. The van der Waals surface area contributed by atoms with Crippen molar-refractivity contribution in [1.82, 2.24) is 10.2 Å². The van der Waals surface area contributed by atoms with Crippen molar-refractivity contribution in [2.24, 2.45) is 0 Å². The summed E-state index contributed by atoms with van der Waals surface area (Å²) in [5.74, 6) is 0.0861. The molecule has 15 heavy (non-hydrogen) atoms. The molecule has 0 aliphatic rings. The van der Waals surface area contributed by atoms with Crippen LogP contribution in [0.2, 0.25) is 0 Å². The van der Waals surface area contributed by atoms with Crippen LogP contribution >= 0.6 is 11.3 Å². The van der Waals surface area contributed by atoms with Gasteiger partial charge in [-0.15, -0.1) is 11.3 Å². The highest BCUT2D eigenvalue weighted by Gasteiger charge is 2.10. The predicted molar refractivity (Wildman–Crippen MR) is 57.7 cm³/mol. The monoisotopic (exact) mass is 223 g/mol. The molecule has 3 N–H and O–H groups in total. The van der Waals surface area contributed by atoms with Gasteiger partial charge >= 0.3 is 5.97 Å². The molecule has 0 fully saturated rings. The van der Waals surface area contributed by atoms with Crippen LogP contribution in [-0.4, -0.2) is 23.3 Å². The van der Waals surface area contributed by atoms with E-state index in [0.717, 1.165) is 10.6 Å². The first kappa shape index (κ1) is 9.72. The van der Waals surface area contributed by atoms with Gasteiger partial charge in [-0.3, -0.25) is 5.10 Å². The fraction of sp³-hybridized carbons (Fsp3) is 0.111. The molecular weight excluding hydrogens is 214 g/mol. The topological polar surface area (TPSA) is 81.0 Å². The molecule has 2 aromatic rings. The lowest BCUT2D eigenvalue weighted by molar-refractivity contribution is 0.0601. The van der Waals surface area contributed by atoms with E-state index in [4.69, 9.17) is 5.73 Å². The summed E-state index contributed by atoms with van der Waals surface area (Å²) < 4.78 is 4.61. The standard InChI is InChI=1S/C9H9N3O2S/c1-14-9(13)5-2-7(15-4-5)6-3-8(10)12-11-6/h2-4H,1H3,(H3,10,11,12). The molecular formula is C9H9N3O2S. The summed E-state index contributed by atoms with van der Waals surface area (Å²) >= 11 is 1.43. The summed E-state index contributed by atoms with van der Waals surface area (Å²) in [4.78, 5) is 12.1. The molecule has 6 heteroatoms. The van der Waals surface area contributed by atoms with Crippen molar-refractivity contribution in [2.75, 3.05) is 12.8 Å². The number of hydrogen-bond donors (Lipinski definition) is 2. The number of methoxy groups -OCH3 is 1. The van der Waals surface area contributed by atoms with Crippen LogP contribution in [0.25, 0.3) is 10.6 Å². The third-order valence-electron chi connectivity index (χ3n) is 1.88. The Hall–Kier alpha value is -1.82. The highest BCUT2D eigenvalue weighted by molar-refractivity contribution is 7.13. The van der Waals surface area contributed by atoms with E-state index in [1.165, 1.54) is 18.4 Å². The summed E-state index contributed by atoms with van der Waals surface area (Å²) in [7, 11) is 1.36. The Morgan fingerprint density at radius 1 is 1.60 bits per heavy atom. The zero-order valence-electron chi connectivity index (χ0n) is 7.98. The molecule has 0 saturated heterocycles. The molecule has 0 aliphatic carbocycles. The lowest BCUT2D eigenvalue weighted by Gasteiger charge is -1.92. The van der Waals surface area contributed by atoms with Gasteiger partial charge in [-0.05, 0) is 6.07 Å². The first-order valence-corrected chi connectivity index (χ1v) is 5.07. The van der Waals surface area contributed by atoms with Crippen LogP contribution in [0.5, 0.6) is 0 Å². The van der Waals surface area contributed by atoms with E-state index in [1.807, 2.05) is 0 Å². The van der Waals surface area contributed by atoms with Gasteiger partial charge in [-0.2, -0.15) is 5.10 Å². The highest BCUT2D eigenvalue weighted by Crippen LogP contribution is 2.26. The van der Waals surface area contributed by atoms with Crippen molar-refractivity contribution in [2.45, 2.75) is 0 Å². The second-order valence-corrected chi connectivity index (χ2v) is 3.81. The number of nitrogen functional groups attached to an aromatic ring is 1. The van der Waals surface area contributed by atoms with E-state index in [-0.39, 0.29) is 5.97 Å². The number of aromatic nitrogens is 2. The predicted octanol–water partition coefficient (Wildman–Crippen LogP) is 1.51. The van der Waals surface area contributed by atoms with E-state index in [0.29, 0.717) is 11.4 Å². The minimum atomic E-state index is -0.343. The fourth-order valence-corrected chi connectivity index (χ4v) is 2.01. The molecule has 5 nitrogen and oxygen atoms in total. The molecule has 0 aliphatic heterocycles. The van der Waals surface area contributed by atoms with Crippen molar-refractivity contribution in [3.8, 4) is 10.6 Å². The van der Waals surface area contributed by atoms with Gasteiger partial charge in [0.05, 0.1) is 23.2 Å². The number of nitrogens with one attached hydrogen (secondary N) is 1. The molecule has 2 rings (SSSR count). The Morgan fingerprint density at radius 3 is 3.00 bits per heavy atom. The average Bonchev–Trinajstić information content (AvgIpc) is 2.84. The second-order valence-electron chi connectivity index (χ2n) is 2.90. The van der Waals surface area contributed by atoms with Crippen molar-refractivity contribution in [3.63, 3.8) is 0 Å². The average molecular weight is 223 g/mol. The molecule has 0 bridgehead atoms. The minimum Gasteiger partial charge on any atom is -0.465 e. The van der Waals surface area contributed by atoms with E-state index in [2.05, 4.69) is 14.9 Å². The highest BCUT2D eigenvalue weighted by atomic mass is 32.1. The lowest BCUT2D eigenvalue weighted by atomic mass is 10.3. The van der Waals surface area contributed by atoms with Crippen molar-refractivity contribution < 1.29 is 9.53 Å². The van der Waals surface area contributed by atoms with Crippen LogP contribution in [0, 0.1) is 0 Å². The molecule has 2 heterocycles. The van der Waals surface area contributed by atoms with Gasteiger partial charge in [-0.1, -0.05) is 0 Å². The number of rotatable bonds is 2. The maximum atomic E-state index is 11.2. The van der Waals surface area contributed by atoms with Crippen LogP contribution in [0.4, 0.5) is 5.82 Å². The normalized spacial score (nSPS) is 10.2. The van der Waals surface area contributed by atoms with Gasteiger partial charge < -0.3 is 10.5 Å². The number of anilines is 1. The molecule has 0 atom stereocenters. The summed E-state index contributed by atoms with van der Waals surface area (Å²) in [6.07, 6.45) is 0. The number of nitrogens with two attached hydrogens (primary N) is 1. The van der Waals surface area contributed by atoms with Gasteiger partial charge in [0.1, 0.15) is 5.82 Å². The van der Waals surface area contributed by atoms with Gasteiger partial charge in [0.15, 0.2) is 0 Å². The Balaban J connectivity index is 2.31. The number of aromatic amines is 1. The first-order chi connectivity index (χ1) is 7.20. The minimum absolute atomic E-state index is 0.343. The molecule has 0 spiro atoms. The Bertz CT molecular complexity index is 489. The quantitative estimate of drug-likeness (QED) is 0.756. The maximum Gasteiger partial charge on any atom is 0.338 e. The molecule has 2 aromatic heterocycles. The number of nitrogens with zero attached hydrogens (tertiary/aromatic N) is 1. The van der Waals surface area contributed by atoms with Crippen LogP contribution in [0.15, 0.2) is 17.5 Å². The molecule has 0 saturated carbocycles. The van der Waals surface area contributed by atoms with E-state index < -0.39 is 0 Å². The van der Waals surface area contributed by atoms with Gasteiger partial charge in [-0.25, -0.2) is 4.79 Å². The Kier molecular flexibility index (Phi) is 2.42. The number of carbonyl (C=O) groups is 1. The SMILES string of the molecule is COC(=O)c1csc(-c2cc(N)n[nH]2)c1. The second kappa shape index (κ2) is 3.74. The van der Waals surface area contributed by atoms with E-state index in [9.17, 15) is 4.79 Å². The van der Waals surface area contributed by atoms with Crippen molar-refractivity contribution in [1.29, 1.82) is 0 Å². The number of thiophene rings is 1. The smallest absolute Gasteiger partial charge is 0.338 e. The van der Waals surface area contributed by atoms with Crippen LogP contribution in [0.1, 0.15) is 10.4 Å². The number of ether oxygens (including phenoxy) is 1. The summed E-state index contributed by atoms with van der Waals surface area (Å²) in [6, 6.07) is 3.45. The molecule has 78 valence electrons. The molecule has 0 amide bonds. The zero-order chi connectivity index (χ0) is 10.8. The maximum absolute atomic E-state index is 11.2. The Morgan fingerprint density at radius 2 is 2.40 bits per heavy atom. The van der Waals surface area contributed by atoms with Crippen molar-refractivity contribution >= 4 is 23.1 Å². The molecule has 0 unspecified atom stereocenters. The third-order valence-corrected chi connectivity index (χ3v) is 2.85. The fourth-order valence-electron chi connectivity index (χ4n) is 1.17. The number of carbonyl (C=O) groups excluding carboxylic acids is 1. The summed E-state index contributed by atoms with van der Waals surface area (Å²) in [5.41, 5.74) is 6.81. The zero-order valence-corrected chi connectivity index (χ0v) is 8.80. The number of H-pyrrole nitrogens is 1. The van der Waals surface area contributed by atoms with Crippen LogP contribution in [-0.2, 0) is 4.74 Å². The molecule has 0 aromatic carbocycles. The van der Waals surface area contributed by atoms with Crippen molar-refractivity contribution in [3.05, 3.63) is 23.1 Å². The number of esters is 1. The number of hydrogen-bond acceptors (Lipinski definition) is 5. The van der Waals surface area contributed by atoms with Gasteiger partial charge in [0.2, 0.25) is 0 Å². The largest absolute Gasteiger partial charge is 0.465 e. The third kappa shape index (κ3) is 1.84. The summed E-state index contributed by atoms with van der Waals surface area (Å²) in [5, 5.41) is 8.32. The van der Waals surface area contributed by atoms with Gasteiger partial charge in [0.25, 0.3) is 0 Å². The van der Waals surface area contributed by atoms with Crippen LogP contribution < -0.4 is 5.73 Å². The van der Waals surface area contributed by atoms with E-state index >= 15 is 0 Å². The Labute approximate surface area is 89.9 Å². The lowest BCUT2D eigenvalue weighted by Crippen LogP contribution is -1.97.